The van der Waals surface area contributed by atoms with Crippen LogP contribution in [-0.2, 0) is 10.1 Å². The number of hydrogen-bond donors (Lipinski definition) is 1. The molecule has 0 radical (unpaired) electrons. The average Bonchev–Trinajstić information content (AvgIpc) is 2.92. The quantitative estimate of drug-likeness (QED) is 0.714. The van der Waals surface area contributed by atoms with E-state index in [1.165, 1.54) is 0 Å². The number of anilines is 1. The normalized spacial score (nSPS) is 12.0. The lowest BCUT2D eigenvalue weighted by molar-refractivity contribution is 0.0917. The van der Waals surface area contributed by atoms with E-state index in [1.54, 1.807) is 19.2 Å². The van der Waals surface area contributed by atoms with Gasteiger partial charge in [-0.15, -0.1) is 0 Å². The molecule has 2 rings (SSSR count). The summed E-state index contributed by atoms with van der Waals surface area (Å²) < 4.78 is 23.7. The molecular weight excluding hydrogens is 387 g/mol. The fourth-order valence-electron chi connectivity index (χ4n) is 1.92. The van der Waals surface area contributed by atoms with Gasteiger partial charge in [-0.2, -0.15) is 4.39 Å². The Hall–Kier alpha value is -1.51. The minimum atomic E-state index is -0.452. The summed E-state index contributed by atoms with van der Waals surface area (Å²) in [6, 6.07) is 5.22. The first kappa shape index (κ1) is 17.8. The van der Waals surface area contributed by atoms with E-state index in [2.05, 4.69) is 26.2 Å². The van der Waals surface area contributed by atoms with Crippen LogP contribution in [0, 0.1) is 5.13 Å². The molecule has 0 aliphatic carbocycles. The highest BCUT2D eigenvalue weighted by Gasteiger charge is 2.13. The van der Waals surface area contributed by atoms with Gasteiger partial charge in [0, 0.05) is 18.0 Å². The lowest BCUT2D eigenvalue weighted by Crippen LogP contribution is -2.18. The predicted molar refractivity (Wildman–Crippen MR) is 91.1 cm³/mol. The first-order valence-corrected chi connectivity index (χ1v) is 8.74. The van der Waals surface area contributed by atoms with Crippen molar-refractivity contribution in [2.75, 3.05) is 19.0 Å². The molecule has 0 saturated heterocycles. The van der Waals surface area contributed by atoms with Gasteiger partial charge >= 0.3 is 0 Å². The highest BCUT2D eigenvalue weighted by atomic mass is 79.9. The molecule has 23 heavy (non-hydrogen) atoms. The number of aromatic nitrogens is 1. The van der Waals surface area contributed by atoms with Crippen molar-refractivity contribution in [2.24, 2.45) is 0 Å². The topological polar surface area (TPSA) is 60.5 Å². The summed E-state index contributed by atoms with van der Waals surface area (Å²) in [4.78, 5) is 16.1. The van der Waals surface area contributed by atoms with Crippen LogP contribution in [0.2, 0.25) is 0 Å². The highest BCUT2D eigenvalue weighted by molar-refractivity contribution is 9.08. The first-order chi connectivity index (χ1) is 11.0. The van der Waals surface area contributed by atoms with Gasteiger partial charge in [-0.3, -0.25) is 10.1 Å². The molecule has 0 saturated carbocycles. The Balaban J connectivity index is 2.17. The molecule has 2 aromatic rings. The third kappa shape index (κ3) is 5.26. The molecule has 1 N–H and O–H groups in total. The molecule has 1 aromatic carbocycles. The van der Waals surface area contributed by atoms with Crippen molar-refractivity contribution >= 4 is 38.3 Å². The highest BCUT2D eigenvalue weighted by Crippen LogP contribution is 2.22. The number of nitrogens with zero attached hydrogens (tertiary/aromatic N) is 1. The number of hydrogen-bond acceptors (Lipinski definition) is 5. The molecule has 0 aliphatic rings. The lowest BCUT2D eigenvalue weighted by atomic mass is 10.1. The Bertz CT molecular complexity index is 680. The molecule has 0 fully saturated rings. The molecule has 1 heterocycles. The monoisotopic (exact) mass is 402 g/mol. The zero-order valence-electron chi connectivity index (χ0n) is 12.6. The first-order valence-electron chi connectivity index (χ1n) is 6.80. The number of rotatable bonds is 7. The molecule has 0 aliphatic heterocycles. The molecule has 0 unspecified atom stereocenters. The van der Waals surface area contributed by atoms with Gasteiger partial charge in [0.05, 0.1) is 12.8 Å². The van der Waals surface area contributed by atoms with E-state index in [9.17, 15) is 9.18 Å². The standard InChI is InChI=1S/C15H16BrFN2O3S/c1-9(8-21-2)22-12-4-10(6-16)3-11(5-12)14(20)19-15-18-7-13(17)23-15/h3-5,7,9H,6,8H2,1-2H3,(H,18,19,20)/t9-/m0/s1. The van der Waals surface area contributed by atoms with Crippen LogP contribution in [0.4, 0.5) is 9.52 Å². The zero-order chi connectivity index (χ0) is 16.8. The molecular formula is C15H16BrFN2O3S. The van der Waals surface area contributed by atoms with E-state index in [1.807, 2.05) is 13.0 Å². The van der Waals surface area contributed by atoms with Gasteiger partial charge in [0.2, 0.25) is 0 Å². The van der Waals surface area contributed by atoms with Gasteiger partial charge in [-0.05, 0) is 30.7 Å². The van der Waals surface area contributed by atoms with E-state index in [-0.39, 0.29) is 17.1 Å². The number of alkyl halides is 1. The number of carbonyl (C=O) groups excluding carboxylic acids is 1. The van der Waals surface area contributed by atoms with Crippen LogP contribution in [0.5, 0.6) is 5.75 Å². The van der Waals surface area contributed by atoms with E-state index in [0.717, 1.165) is 23.1 Å². The fraction of sp³-hybridized carbons (Fsp3) is 0.333. The number of halogens is 2. The lowest BCUT2D eigenvalue weighted by Gasteiger charge is -2.15. The molecule has 1 atom stereocenters. The van der Waals surface area contributed by atoms with Crippen LogP contribution < -0.4 is 10.1 Å². The van der Waals surface area contributed by atoms with E-state index >= 15 is 0 Å². The summed E-state index contributed by atoms with van der Waals surface area (Å²) in [6.07, 6.45) is 0.922. The second-order valence-corrected chi connectivity index (χ2v) is 6.35. The number of carbonyl (C=O) groups is 1. The van der Waals surface area contributed by atoms with Gasteiger partial charge in [0.1, 0.15) is 11.9 Å². The molecule has 0 spiro atoms. The smallest absolute Gasteiger partial charge is 0.257 e. The molecule has 5 nitrogen and oxygen atoms in total. The van der Waals surface area contributed by atoms with Gasteiger partial charge in [-0.1, -0.05) is 27.3 Å². The van der Waals surface area contributed by atoms with Crippen LogP contribution in [0.1, 0.15) is 22.8 Å². The van der Waals surface area contributed by atoms with Crippen molar-refractivity contribution in [3.05, 3.63) is 40.7 Å². The van der Waals surface area contributed by atoms with Crippen LogP contribution in [0.25, 0.3) is 0 Å². The van der Waals surface area contributed by atoms with Crippen LogP contribution in [0.3, 0.4) is 0 Å². The number of nitrogens with one attached hydrogen (secondary N) is 1. The van der Waals surface area contributed by atoms with Crippen molar-refractivity contribution in [3.63, 3.8) is 0 Å². The van der Waals surface area contributed by atoms with Crippen molar-refractivity contribution in [1.82, 2.24) is 4.98 Å². The molecule has 124 valence electrons. The van der Waals surface area contributed by atoms with Crippen molar-refractivity contribution < 1.29 is 18.7 Å². The maximum atomic E-state index is 12.9. The number of amides is 1. The largest absolute Gasteiger partial charge is 0.488 e. The number of thiazole rings is 1. The second kappa shape index (κ2) is 8.37. The molecule has 0 bridgehead atoms. The number of benzene rings is 1. The Morgan fingerprint density at radius 1 is 1.48 bits per heavy atom. The maximum absolute atomic E-state index is 12.9. The predicted octanol–water partition coefficient (Wildman–Crippen LogP) is 3.84. The van der Waals surface area contributed by atoms with Gasteiger partial charge in [-0.25, -0.2) is 4.98 Å². The minimum Gasteiger partial charge on any atom is -0.488 e. The Morgan fingerprint density at radius 3 is 2.87 bits per heavy atom. The Labute approximate surface area is 146 Å². The van der Waals surface area contributed by atoms with Gasteiger partial charge in [0.25, 0.3) is 5.91 Å². The van der Waals surface area contributed by atoms with Gasteiger partial charge in [0.15, 0.2) is 10.3 Å². The fourth-order valence-corrected chi connectivity index (χ4v) is 2.78. The van der Waals surface area contributed by atoms with Crippen LogP contribution >= 0.6 is 27.3 Å². The minimum absolute atomic E-state index is 0.144. The average molecular weight is 403 g/mol. The number of methoxy groups -OCH3 is 1. The Morgan fingerprint density at radius 2 is 2.26 bits per heavy atom. The number of ether oxygens (including phenoxy) is 2. The maximum Gasteiger partial charge on any atom is 0.257 e. The Kier molecular flexibility index (Phi) is 6.49. The van der Waals surface area contributed by atoms with E-state index in [4.69, 9.17) is 9.47 Å². The summed E-state index contributed by atoms with van der Waals surface area (Å²) in [5, 5.41) is 2.91. The summed E-state index contributed by atoms with van der Waals surface area (Å²) in [5.74, 6) is 0.202. The van der Waals surface area contributed by atoms with E-state index < -0.39 is 5.13 Å². The van der Waals surface area contributed by atoms with Crippen molar-refractivity contribution in [2.45, 2.75) is 18.4 Å². The van der Waals surface area contributed by atoms with E-state index in [0.29, 0.717) is 23.2 Å². The zero-order valence-corrected chi connectivity index (χ0v) is 15.0. The molecule has 1 amide bonds. The summed E-state index contributed by atoms with van der Waals surface area (Å²) in [5.41, 5.74) is 1.31. The third-order valence-electron chi connectivity index (χ3n) is 2.82. The molecule has 8 heteroatoms. The van der Waals surface area contributed by atoms with Crippen molar-refractivity contribution in [1.29, 1.82) is 0 Å². The molecule has 1 aromatic heterocycles. The van der Waals surface area contributed by atoms with Crippen LogP contribution in [-0.4, -0.2) is 30.7 Å². The third-order valence-corrected chi connectivity index (χ3v) is 4.17. The summed E-state index contributed by atoms with van der Waals surface area (Å²) >= 11 is 4.15. The summed E-state index contributed by atoms with van der Waals surface area (Å²) in [7, 11) is 1.60. The SMILES string of the molecule is COC[C@H](C)Oc1cc(CBr)cc(C(=O)Nc2ncc(F)s2)c1. The summed E-state index contributed by atoms with van der Waals surface area (Å²) in [6.45, 7) is 2.32. The van der Waals surface area contributed by atoms with Gasteiger partial charge < -0.3 is 9.47 Å². The van der Waals surface area contributed by atoms with Crippen molar-refractivity contribution in [3.8, 4) is 5.75 Å². The second-order valence-electron chi connectivity index (χ2n) is 4.81. The van der Waals surface area contributed by atoms with Crippen LogP contribution in [0.15, 0.2) is 24.4 Å².